The van der Waals surface area contributed by atoms with Crippen LogP contribution in [0.5, 0.6) is 5.75 Å². The molecule has 3 rings (SSSR count). The van der Waals surface area contributed by atoms with Crippen LogP contribution >= 0.6 is 0 Å². The Morgan fingerprint density at radius 1 is 1.17 bits per heavy atom. The van der Waals surface area contributed by atoms with Gasteiger partial charge in [-0.2, -0.15) is 5.26 Å². The number of aryl methyl sites for hydroxylation is 1. The van der Waals surface area contributed by atoms with E-state index in [0.29, 0.717) is 27.9 Å². The van der Waals surface area contributed by atoms with E-state index in [0.717, 1.165) is 5.56 Å². The van der Waals surface area contributed by atoms with Crippen LogP contribution in [0.3, 0.4) is 0 Å². The maximum atomic E-state index is 11.7. The Hall–Kier alpha value is -3.46. The summed E-state index contributed by atoms with van der Waals surface area (Å²) in [7, 11) is 1.23. The lowest BCUT2D eigenvalue weighted by molar-refractivity contribution is 0.0590. The summed E-state index contributed by atoms with van der Waals surface area (Å²) in [5.41, 5.74) is 2.97. The van der Waals surface area contributed by atoms with Crippen molar-refractivity contribution in [1.82, 2.24) is 9.97 Å². The van der Waals surface area contributed by atoms with Crippen LogP contribution in [0, 0.1) is 18.3 Å². The number of fused-ring (bicyclic) bond motifs is 1. The molecule has 0 aliphatic rings. The Bertz CT molecular complexity index is 989. The van der Waals surface area contributed by atoms with Crippen LogP contribution in [-0.4, -0.2) is 28.2 Å². The predicted molar refractivity (Wildman–Crippen MR) is 87.4 cm³/mol. The summed E-state index contributed by atoms with van der Waals surface area (Å²) in [5, 5.41) is 19.6. The fourth-order valence-electron chi connectivity index (χ4n) is 2.44. The average molecular weight is 319 g/mol. The largest absolute Gasteiger partial charge is 0.505 e. The van der Waals surface area contributed by atoms with Crippen molar-refractivity contribution in [3.8, 4) is 23.1 Å². The highest BCUT2D eigenvalue weighted by Crippen LogP contribution is 2.31. The molecule has 0 unspecified atom stereocenters. The Morgan fingerprint density at radius 2 is 1.88 bits per heavy atom. The molecule has 3 aromatic rings. The fraction of sp³-hybridized carbons (Fsp3) is 0.111. The number of rotatable bonds is 2. The molecule has 0 saturated carbocycles. The van der Waals surface area contributed by atoms with Gasteiger partial charge in [-0.15, -0.1) is 0 Å². The van der Waals surface area contributed by atoms with Gasteiger partial charge in [0.05, 0.1) is 35.6 Å². The number of hydrogen-bond acceptors (Lipinski definition) is 6. The van der Waals surface area contributed by atoms with Gasteiger partial charge in [0.1, 0.15) is 0 Å². The van der Waals surface area contributed by atoms with Gasteiger partial charge in [0.15, 0.2) is 11.4 Å². The van der Waals surface area contributed by atoms with Crippen LogP contribution < -0.4 is 0 Å². The molecule has 0 fully saturated rings. The van der Waals surface area contributed by atoms with Crippen LogP contribution in [0.15, 0.2) is 36.4 Å². The number of nitrogens with zero attached hydrogens (tertiary/aromatic N) is 3. The van der Waals surface area contributed by atoms with Crippen molar-refractivity contribution in [2.75, 3.05) is 7.11 Å². The summed E-state index contributed by atoms with van der Waals surface area (Å²) in [6.45, 7) is 1.71. The van der Waals surface area contributed by atoms with E-state index in [1.165, 1.54) is 7.11 Å². The van der Waals surface area contributed by atoms with Crippen molar-refractivity contribution in [2.45, 2.75) is 6.92 Å². The fourth-order valence-corrected chi connectivity index (χ4v) is 2.44. The third-order valence-electron chi connectivity index (χ3n) is 3.69. The third kappa shape index (κ3) is 2.52. The minimum absolute atomic E-state index is 0.129. The van der Waals surface area contributed by atoms with Gasteiger partial charge in [-0.25, -0.2) is 14.8 Å². The SMILES string of the molecule is COC(=O)c1nc(C)c2nc(-c3ccc(C#N)cc3)ccc2c1O. The zero-order chi connectivity index (χ0) is 17.3. The number of benzene rings is 1. The van der Waals surface area contributed by atoms with Gasteiger partial charge in [-0.3, -0.25) is 0 Å². The zero-order valence-electron chi connectivity index (χ0n) is 13.1. The van der Waals surface area contributed by atoms with E-state index in [2.05, 4.69) is 20.8 Å². The molecule has 6 heteroatoms. The molecule has 6 nitrogen and oxygen atoms in total. The maximum absolute atomic E-state index is 11.7. The number of carbonyl (C=O) groups is 1. The molecule has 0 bridgehead atoms. The van der Waals surface area contributed by atoms with Gasteiger partial charge in [0, 0.05) is 10.9 Å². The third-order valence-corrected chi connectivity index (χ3v) is 3.69. The molecular formula is C18H13N3O3. The second-order valence-electron chi connectivity index (χ2n) is 5.17. The number of aromatic hydroxyl groups is 1. The van der Waals surface area contributed by atoms with Gasteiger partial charge in [0.2, 0.25) is 0 Å². The van der Waals surface area contributed by atoms with Gasteiger partial charge in [-0.1, -0.05) is 12.1 Å². The molecule has 118 valence electrons. The van der Waals surface area contributed by atoms with Crippen molar-refractivity contribution in [3.63, 3.8) is 0 Å². The molecule has 0 saturated heterocycles. The quantitative estimate of drug-likeness (QED) is 0.729. The van der Waals surface area contributed by atoms with E-state index in [-0.39, 0.29) is 11.4 Å². The Kier molecular flexibility index (Phi) is 3.84. The maximum Gasteiger partial charge on any atom is 0.360 e. The first kappa shape index (κ1) is 15.4. The normalized spacial score (nSPS) is 10.4. The second kappa shape index (κ2) is 5.97. The first-order chi connectivity index (χ1) is 11.5. The number of nitriles is 1. The van der Waals surface area contributed by atoms with Crippen molar-refractivity contribution in [3.05, 3.63) is 53.3 Å². The van der Waals surface area contributed by atoms with Crippen LogP contribution in [0.1, 0.15) is 21.7 Å². The molecule has 0 atom stereocenters. The summed E-state index contributed by atoms with van der Waals surface area (Å²) >= 11 is 0. The summed E-state index contributed by atoms with van der Waals surface area (Å²) in [6, 6.07) is 12.5. The molecular weight excluding hydrogens is 306 g/mol. The highest BCUT2D eigenvalue weighted by Gasteiger charge is 2.19. The number of ether oxygens (including phenoxy) is 1. The second-order valence-corrected chi connectivity index (χ2v) is 5.17. The van der Waals surface area contributed by atoms with Crippen LogP contribution in [-0.2, 0) is 4.74 Å². The van der Waals surface area contributed by atoms with Crippen molar-refractivity contribution < 1.29 is 14.6 Å². The molecule has 24 heavy (non-hydrogen) atoms. The topological polar surface area (TPSA) is 96.1 Å². The van der Waals surface area contributed by atoms with Crippen molar-refractivity contribution in [2.24, 2.45) is 0 Å². The number of esters is 1. The average Bonchev–Trinajstić information content (AvgIpc) is 2.63. The smallest absolute Gasteiger partial charge is 0.360 e. The van der Waals surface area contributed by atoms with E-state index in [4.69, 9.17) is 5.26 Å². The predicted octanol–water partition coefficient (Wildman–Crippen LogP) is 2.97. The lowest BCUT2D eigenvalue weighted by Crippen LogP contribution is -2.07. The molecule has 2 heterocycles. The van der Waals surface area contributed by atoms with Gasteiger partial charge >= 0.3 is 5.97 Å². The van der Waals surface area contributed by atoms with Crippen molar-refractivity contribution >= 4 is 16.9 Å². The molecule has 0 spiro atoms. The van der Waals surface area contributed by atoms with Gasteiger partial charge in [0.25, 0.3) is 0 Å². The number of methoxy groups -OCH3 is 1. The highest BCUT2D eigenvalue weighted by molar-refractivity contribution is 5.99. The summed E-state index contributed by atoms with van der Waals surface area (Å²) in [5.74, 6) is -0.949. The Morgan fingerprint density at radius 3 is 2.50 bits per heavy atom. The molecule has 1 N–H and O–H groups in total. The number of pyridine rings is 2. The first-order valence-corrected chi connectivity index (χ1v) is 7.14. The minimum atomic E-state index is -0.700. The lowest BCUT2D eigenvalue weighted by Gasteiger charge is -2.09. The van der Waals surface area contributed by atoms with E-state index < -0.39 is 5.97 Å². The van der Waals surface area contributed by atoms with Crippen LogP contribution in [0.25, 0.3) is 22.2 Å². The molecule has 0 aliphatic heterocycles. The number of aromatic nitrogens is 2. The Balaban J connectivity index is 2.16. The standard InChI is InChI=1S/C18H13N3O3/c1-10-15-13(17(22)16(20-10)18(23)24-2)7-8-14(21-15)12-5-3-11(9-19)4-6-12/h3-8,22H,1-2H3. The molecule has 0 aliphatic carbocycles. The molecule has 0 amide bonds. The lowest BCUT2D eigenvalue weighted by atomic mass is 10.1. The van der Waals surface area contributed by atoms with Gasteiger partial charge in [-0.05, 0) is 31.2 Å². The first-order valence-electron chi connectivity index (χ1n) is 7.14. The highest BCUT2D eigenvalue weighted by atomic mass is 16.5. The van der Waals surface area contributed by atoms with E-state index in [1.807, 2.05) is 0 Å². The Labute approximate surface area is 138 Å². The minimum Gasteiger partial charge on any atom is -0.505 e. The number of carbonyl (C=O) groups excluding carboxylic acids is 1. The summed E-state index contributed by atoms with van der Waals surface area (Å²) in [4.78, 5) is 20.3. The van der Waals surface area contributed by atoms with E-state index >= 15 is 0 Å². The van der Waals surface area contributed by atoms with Crippen molar-refractivity contribution in [1.29, 1.82) is 5.26 Å². The van der Waals surface area contributed by atoms with Crippen LogP contribution in [0.2, 0.25) is 0 Å². The number of hydrogen-bond donors (Lipinski definition) is 1. The molecule has 1 aromatic carbocycles. The summed E-state index contributed by atoms with van der Waals surface area (Å²) < 4.78 is 4.63. The van der Waals surface area contributed by atoms with Crippen LogP contribution in [0.4, 0.5) is 0 Å². The van der Waals surface area contributed by atoms with Gasteiger partial charge < -0.3 is 9.84 Å². The monoisotopic (exact) mass is 319 g/mol. The molecule has 2 aromatic heterocycles. The molecule has 0 radical (unpaired) electrons. The van der Waals surface area contributed by atoms with E-state index in [9.17, 15) is 9.90 Å². The van der Waals surface area contributed by atoms with E-state index in [1.54, 1.807) is 43.3 Å². The summed E-state index contributed by atoms with van der Waals surface area (Å²) in [6.07, 6.45) is 0. The zero-order valence-corrected chi connectivity index (χ0v) is 13.1.